The Kier molecular flexibility index (Phi) is 4.11. The van der Waals surface area contributed by atoms with Crippen molar-refractivity contribution in [3.8, 4) is 0 Å². The molecule has 1 fully saturated rings. The van der Waals surface area contributed by atoms with Gasteiger partial charge in [0.25, 0.3) is 0 Å². The Bertz CT molecular complexity index is 295. The van der Waals surface area contributed by atoms with Gasteiger partial charge in [-0.05, 0) is 42.5 Å². The van der Waals surface area contributed by atoms with E-state index in [2.05, 4.69) is 5.32 Å². The van der Waals surface area contributed by atoms with E-state index in [4.69, 9.17) is 9.52 Å². The molecular formula is C11H17NO2S. The minimum Gasteiger partial charge on any atom is -0.462 e. The number of hydrogen-bond acceptors (Lipinski definition) is 4. The third kappa shape index (κ3) is 3.26. The molecule has 0 aliphatic carbocycles. The molecule has 1 aliphatic heterocycles. The number of aliphatic hydroxyl groups is 1. The molecule has 4 heteroatoms. The van der Waals surface area contributed by atoms with Crippen molar-refractivity contribution >= 4 is 11.8 Å². The SMILES string of the molecule is OCc1ccc(CNCC2CCSC2)o1. The van der Waals surface area contributed by atoms with E-state index in [1.54, 1.807) is 0 Å². The summed E-state index contributed by atoms with van der Waals surface area (Å²) in [5.41, 5.74) is 0. The first kappa shape index (κ1) is 11.0. The molecule has 1 saturated heterocycles. The van der Waals surface area contributed by atoms with Gasteiger partial charge in [-0.2, -0.15) is 11.8 Å². The van der Waals surface area contributed by atoms with E-state index in [9.17, 15) is 0 Å². The van der Waals surface area contributed by atoms with Crippen molar-refractivity contribution < 1.29 is 9.52 Å². The van der Waals surface area contributed by atoms with Crippen LogP contribution in [-0.2, 0) is 13.2 Å². The van der Waals surface area contributed by atoms with Crippen LogP contribution < -0.4 is 5.32 Å². The lowest BCUT2D eigenvalue weighted by Crippen LogP contribution is -2.21. The van der Waals surface area contributed by atoms with Gasteiger partial charge in [0.05, 0.1) is 6.54 Å². The van der Waals surface area contributed by atoms with Crippen LogP contribution in [-0.4, -0.2) is 23.2 Å². The summed E-state index contributed by atoms with van der Waals surface area (Å²) < 4.78 is 5.38. The van der Waals surface area contributed by atoms with Gasteiger partial charge in [0.2, 0.25) is 0 Å². The van der Waals surface area contributed by atoms with Crippen LogP contribution in [0.1, 0.15) is 17.9 Å². The maximum Gasteiger partial charge on any atom is 0.129 e. The molecule has 15 heavy (non-hydrogen) atoms. The normalized spacial score (nSPS) is 21.0. The fourth-order valence-corrected chi connectivity index (χ4v) is 3.03. The lowest BCUT2D eigenvalue weighted by Gasteiger charge is -2.08. The van der Waals surface area contributed by atoms with Crippen molar-refractivity contribution in [1.29, 1.82) is 0 Å². The minimum atomic E-state index is -0.0146. The number of nitrogens with one attached hydrogen (secondary N) is 1. The predicted molar refractivity (Wildman–Crippen MR) is 61.8 cm³/mol. The summed E-state index contributed by atoms with van der Waals surface area (Å²) >= 11 is 2.04. The molecule has 1 unspecified atom stereocenters. The van der Waals surface area contributed by atoms with E-state index in [0.29, 0.717) is 5.76 Å². The first-order chi connectivity index (χ1) is 7.38. The number of aliphatic hydroxyl groups excluding tert-OH is 1. The van der Waals surface area contributed by atoms with E-state index in [1.165, 1.54) is 17.9 Å². The Hall–Kier alpha value is -0.450. The molecule has 0 saturated carbocycles. The molecule has 0 amide bonds. The van der Waals surface area contributed by atoms with Crippen LogP contribution in [0.15, 0.2) is 16.5 Å². The molecule has 2 rings (SSSR count). The molecule has 0 aromatic carbocycles. The lowest BCUT2D eigenvalue weighted by atomic mass is 10.1. The lowest BCUT2D eigenvalue weighted by molar-refractivity contribution is 0.242. The zero-order valence-corrected chi connectivity index (χ0v) is 9.55. The van der Waals surface area contributed by atoms with Gasteiger partial charge in [-0.15, -0.1) is 0 Å². The number of thioether (sulfide) groups is 1. The average Bonchev–Trinajstić information content (AvgIpc) is 2.88. The molecule has 1 aromatic rings. The third-order valence-corrected chi connectivity index (χ3v) is 3.86. The van der Waals surface area contributed by atoms with Gasteiger partial charge in [0.15, 0.2) is 0 Å². The van der Waals surface area contributed by atoms with Crippen LogP contribution in [0.4, 0.5) is 0 Å². The molecule has 3 nitrogen and oxygen atoms in total. The van der Waals surface area contributed by atoms with Gasteiger partial charge in [-0.1, -0.05) is 0 Å². The van der Waals surface area contributed by atoms with Crippen molar-refractivity contribution in [3.63, 3.8) is 0 Å². The van der Waals surface area contributed by atoms with E-state index in [1.807, 2.05) is 23.9 Å². The molecule has 2 N–H and O–H groups in total. The minimum absolute atomic E-state index is 0.0146. The van der Waals surface area contributed by atoms with Gasteiger partial charge in [-0.3, -0.25) is 0 Å². The number of rotatable bonds is 5. The van der Waals surface area contributed by atoms with E-state index in [-0.39, 0.29) is 6.61 Å². The molecule has 0 radical (unpaired) electrons. The summed E-state index contributed by atoms with van der Waals surface area (Å²) in [7, 11) is 0. The Labute approximate surface area is 94.2 Å². The zero-order valence-electron chi connectivity index (χ0n) is 8.74. The summed E-state index contributed by atoms with van der Waals surface area (Å²) in [6, 6.07) is 3.74. The monoisotopic (exact) mass is 227 g/mol. The molecule has 1 aliphatic rings. The highest BCUT2D eigenvalue weighted by Gasteiger charge is 2.14. The zero-order chi connectivity index (χ0) is 10.5. The van der Waals surface area contributed by atoms with Crippen LogP contribution in [0.5, 0.6) is 0 Å². The second-order valence-electron chi connectivity index (χ2n) is 3.89. The van der Waals surface area contributed by atoms with Crippen LogP contribution in [0.25, 0.3) is 0 Å². The molecule has 0 bridgehead atoms. The summed E-state index contributed by atoms with van der Waals surface area (Å²) in [4.78, 5) is 0. The molecule has 1 aromatic heterocycles. The predicted octanol–water partition coefficient (Wildman–Crippen LogP) is 1.61. The second-order valence-corrected chi connectivity index (χ2v) is 5.04. The maximum absolute atomic E-state index is 8.83. The van der Waals surface area contributed by atoms with Crippen molar-refractivity contribution in [2.45, 2.75) is 19.6 Å². The van der Waals surface area contributed by atoms with Crippen molar-refractivity contribution in [3.05, 3.63) is 23.7 Å². The quantitative estimate of drug-likeness (QED) is 0.802. The Morgan fingerprint density at radius 3 is 3.00 bits per heavy atom. The van der Waals surface area contributed by atoms with Gasteiger partial charge in [0.1, 0.15) is 18.1 Å². The Morgan fingerprint density at radius 1 is 1.47 bits per heavy atom. The molecule has 1 atom stereocenters. The maximum atomic E-state index is 8.83. The van der Waals surface area contributed by atoms with Crippen LogP contribution in [0.3, 0.4) is 0 Å². The molecule has 84 valence electrons. The highest BCUT2D eigenvalue weighted by Crippen LogP contribution is 2.22. The molecular weight excluding hydrogens is 210 g/mol. The van der Waals surface area contributed by atoms with Crippen LogP contribution in [0.2, 0.25) is 0 Å². The summed E-state index contributed by atoms with van der Waals surface area (Å²) in [5.74, 6) is 4.96. The van der Waals surface area contributed by atoms with Gasteiger partial charge < -0.3 is 14.8 Å². The number of furan rings is 1. The largest absolute Gasteiger partial charge is 0.462 e. The standard InChI is InChI=1S/C11H17NO2S/c13-7-11-2-1-10(14-11)6-12-5-9-3-4-15-8-9/h1-2,9,12-13H,3-8H2. The van der Waals surface area contributed by atoms with Crippen molar-refractivity contribution in [2.24, 2.45) is 5.92 Å². The van der Waals surface area contributed by atoms with Crippen LogP contribution >= 0.6 is 11.8 Å². The fraction of sp³-hybridized carbons (Fsp3) is 0.636. The summed E-state index contributed by atoms with van der Waals surface area (Å²) in [5, 5.41) is 12.2. The topological polar surface area (TPSA) is 45.4 Å². The highest BCUT2D eigenvalue weighted by atomic mass is 32.2. The van der Waals surface area contributed by atoms with Gasteiger partial charge in [0, 0.05) is 0 Å². The first-order valence-corrected chi connectivity index (χ1v) is 6.51. The average molecular weight is 227 g/mol. The second kappa shape index (κ2) is 5.58. The van der Waals surface area contributed by atoms with Crippen molar-refractivity contribution in [2.75, 3.05) is 18.1 Å². The number of hydrogen-bond donors (Lipinski definition) is 2. The van der Waals surface area contributed by atoms with Gasteiger partial charge >= 0.3 is 0 Å². The summed E-state index contributed by atoms with van der Waals surface area (Å²) in [6.07, 6.45) is 1.33. The Balaban J connectivity index is 1.68. The van der Waals surface area contributed by atoms with Gasteiger partial charge in [-0.25, -0.2) is 0 Å². The highest BCUT2D eigenvalue weighted by molar-refractivity contribution is 7.99. The van der Waals surface area contributed by atoms with Crippen molar-refractivity contribution in [1.82, 2.24) is 5.32 Å². The molecule has 2 heterocycles. The smallest absolute Gasteiger partial charge is 0.129 e. The third-order valence-electron chi connectivity index (χ3n) is 2.63. The molecule has 0 spiro atoms. The Morgan fingerprint density at radius 2 is 2.33 bits per heavy atom. The summed E-state index contributed by atoms with van der Waals surface area (Å²) in [6.45, 7) is 1.82. The van der Waals surface area contributed by atoms with E-state index < -0.39 is 0 Å². The van der Waals surface area contributed by atoms with E-state index >= 15 is 0 Å². The van der Waals surface area contributed by atoms with E-state index in [0.717, 1.165) is 24.8 Å². The fourth-order valence-electron chi connectivity index (χ4n) is 1.75. The first-order valence-electron chi connectivity index (χ1n) is 5.35. The van der Waals surface area contributed by atoms with Crippen LogP contribution in [0, 0.1) is 5.92 Å².